The van der Waals surface area contributed by atoms with Gasteiger partial charge in [0.05, 0.1) is 31.7 Å². The molecule has 6 nitrogen and oxygen atoms in total. The van der Waals surface area contributed by atoms with Crippen LogP contribution in [0.15, 0.2) is 54.6 Å². The van der Waals surface area contributed by atoms with Crippen LogP contribution in [0.2, 0.25) is 0 Å². The second-order valence-electron chi connectivity index (χ2n) is 9.02. The zero-order chi connectivity index (χ0) is 24.1. The van der Waals surface area contributed by atoms with E-state index in [0.29, 0.717) is 18.5 Å². The first-order chi connectivity index (χ1) is 16.5. The summed E-state index contributed by atoms with van der Waals surface area (Å²) in [5.74, 6) is 1.81. The molecule has 1 saturated heterocycles. The average Bonchev–Trinajstić information content (AvgIpc) is 3.06. The summed E-state index contributed by atoms with van der Waals surface area (Å²) in [7, 11) is 3.38. The molecule has 0 bridgehead atoms. The fourth-order valence-corrected chi connectivity index (χ4v) is 4.90. The van der Waals surface area contributed by atoms with Gasteiger partial charge >= 0.3 is 0 Å². The fourth-order valence-electron chi connectivity index (χ4n) is 4.90. The molecule has 2 aliphatic rings. The molecule has 0 saturated carbocycles. The monoisotopic (exact) mass is 463 g/mol. The van der Waals surface area contributed by atoms with Crippen LogP contribution in [0, 0.1) is 5.92 Å². The highest BCUT2D eigenvalue weighted by atomic mass is 16.5. The maximum Gasteiger partial charge on any atom is 0.213 e. The van der Waals surface area contributed by atoms with Gasteiger partial charge in [0.15, 0.2) is 0 Å². The number of pyridine rings is 1. The number of ether oxygens (including phenoxy) is 3. The summed E-state index contributed by atoms with van der Waals surface area (Å²) in [4.78, 5) is 9.87. The van der Waals surface area contributed by atoms with Gasteiger partial charge in [0.1, 0.15) is 5.75 Å². The molecule has 1 fully saturated rings. The summed E-state index contributed by atoms with van der Waals surface area (Å²) in [5.41, 5.74) is 4.49. The largest absolute Gasteiger partial charge is 0.497 e. The summed E-state index contributed by atoms with van der Waals surface area (Å²) in [6.45, 7) is 10.2. The third kappa shape index (κ3) is 5.22. The number of anilines is 2. The van der Waals surface area contributed by atoms with E-state index in [4.69, 9.17) is 19.2 Å². The van der Waals surface area contributed by atoms with Crippen LogP contribution in [0.1, 0.15) is 32.9 Å². The molecule has 1 aromatic carbocycles. The van der Waals surface area contributed by atoms with Gasteiger partial charge in [-0.25, -0.2) is 4.98 Å². The van der Waals surface area contributed by atoms with Gasteiger partial charge in [0.2, 0.25) is 5.88 Å². The quantitative estimate of drug-likeness (QED) is 0.563. The number of allylic oxidation sites excluding steroid dienone is 2. The Bertz CT molecular complexity index is 1020. The lowest BCUT2D eigenvalue weighted by atomic mass is 9.92. The molecule has 1 aliphatic carbocycles. The third-order valence-electron chi connectivity index (χ3n) is 6.71. The van der Waals surface area contributed by atoms with E-state index in [-0.39, 0.29) is 12.0 Å². The van der Waals surface area contributed by atoms with Crippen molar-refractivity contribution in [3.05, 3.63) is 60.3 Å². The molecule has 2 aromatic rings. The highest BCUT2D eigenvalue weighted by Crippen LogP contribution is 2.35. The van der Waals surface area contributed by atoms with Crippen LogP contribution in [-0.2, 0) is 4.74 Å². The Morgan fingerprint density at radius 2 is 1.79 bits per heavy atom. The smallest absolute Gasteiger partial charge is 0.213 e. The van der Waals surface area contributed by atoms with Gasteiger partial charge in [-0.1, -0.05) is 25.2 Å². The molecular formula is C28H37N3O3. The van der Waals surface area contributed by atoms with E-state index in [2.05, 4.69) is 60.1 Å². The van der Waals surface area contributed by atoms with Crippen molar-refractivity contribution in [3.8, 4) is 11.6 Å². The number of rotatable bonds is 7. The molecule has 3 unspecified atom stereocenters. The van der Waals surface area contributed by atoms with Gasteiger partial charge in [0, 0.05) is 50.0 Å². The lowest BCUT2D eigenvalue weighted by molar-refractivity contribution is 0.0720. The first kappa shape index (κ1) is 24.1. The lowest BCUT2D eigenvalue weighted by Gasteiger charge is -2.33. The van der Waals surface area contributed by atoms with E-state index >= 15 is 0 Å². The zero-order valence-electron chi connectivity index (χ0n) is 21.0. The molecule has 0 spiro atoms. The van der Waals surface area contributed by atoms with E-state index in [9.17, 15) is 0 Å². The van der Waals surface area contributed by atoms with Gasteiger partial charge in [-0.3, -0.25) is 0 Å². The Balaban J connectivity index is 1.61. The van der Waals surface area contributed by atoms with E-state index < -0.39 is 0 Å². The number of methoxy groups -OCH3 is 2. The van der Waals surface area contributed by atoms with Crippen LogP contribution in [-0.4, -0.2) is 57.6 Å². The summed E-state index contributed by atoms with van der Waals surface area (Å²) in [5, 5.41) is 0. The van der Waals surface area contributed by atoms with Gasteiger partial charge in [-0.05, 0) is 56.2 Å². The first-order valence-corrected chi connectivity index (χ1v) is 12.3. The Hall–Kier alpha value is -2.99. The molecule has 2 heterocycles. The van der Waals surface area contributed by atoms with Crippen molar-refractivity contribution in [1.82, 2.24) is 4.98 Å². The Morgan fingerprint density at radius 3 is 2.47 bits per heavy atom. The summed E-state index contributed by atoms with van der Waals surface area (Å²) < 4.78 is 16.7. The highest BCUT2D eigenvalue weighted by molar-refractivity contribution is 5.81. The Kier molecular flexibility index (Phi) is 7.78. The van der Waals surface area contributed by atoms with E-state index in [1.54, 1.807) is 14.2 Å². The van der Waals surface area contributed by atoms with Crippen LogP contribution in [0.25, 0.3) is 5.57 Å². The van der Waals surface area contributed by atoms with Crippen molar-refractivity contribution in [3.63, 3.8) is 0 Å². The number of nitrogens with zero attached hydrogens (tertiary/aromatic N) is 3. The van der Waals surface area contributed by atoms with Crippen molar-refractivity contribution in [2.75, 3.05) is 50.3 Å². The number of hydrogen-bond acceptors (Lipinski definition) is 6. The van der Waals surface area contributed by atoms with Crippen molar-refractivity contribution in [2.45, 2.75) is 39.3 Å². The van der Waals surface area contributed by atoms with Crippen LogP contribution in [0.5, 0.6) is 11.6 Å². The van der Waals surface area contributed by atoms with Gasteiger partial charge in [-0.15, -0.1) is 0 Å². The number of benzene rings is 1. The van der Waals surface area contributed by atoms with Gasteiger partial charge < -0.3 is 24.0 Å². The maximum absolute atomic E-state index is 5.87. The minimum atomic E-state index is 0.109. The summed E-state index contributed by atoms with van der Waals surface area (Å²) in [6.07, 6.45) is 7.76. The second kappa shape index (κ2) is 11.0. The van der Waals surface area contributed by atoms with Gasteiger partial charge in [0.25, 0.3) is 0 Å². The van der Waals surface area contributed by atoms with E-state index in [0.717, 1.165) is 48.8 Å². The molecule has 0 radical (unpaired) electrons. The van der Waals surface area contributed by atoms with Crippen molar-refractivity contribution < 1.29 is 14.2 Å². The topological polar surface area (TPSA) is 47.1 Å². The molecule has 182 valence electrons. The number of aromatic nitrogens is 1. The standard InChI is InChI=1S/C28H37N3O3/c1-6-34-26-14-8-22(18-20(26)2)28-25(13-15-27(29-28)33-5)31-17-7-16-30(19-21(31)3)23-9-11-24(32-4)12-10-23/h8-15,18,20-21,26H,6-7,16-17,19H2,1-5H3. The maximum atomic E-state index is 5.87. The molecule has 0 amide bonds. The Labute approximate surface area is 203 Å². The average molecular weight is 464 g/mol. The van der Waals surface area contributed by atoms with E-state index in [1.165, 1.54) is 5.69 Å². The minimum absolute atomic E-state index is 0.109. The van der Waals surface area contributed by atoms with Crippen LogP contribution < -0.4 is 19.3 Å². The molecule has 3 atom stereocenters. The lowest BCUT2D eigenvalue weighted by Crippen LogP contribution is -2.39. The van der Waals surface area contributed by atoms with Crippen LogP contribution in [0.3, 0.4) is 0 Å². The van der Waals surface area contributed by atoms with Crippen molar-refractivity contribution >= 4 is 16.9 Å². The van der Waals surface area contributed by atoms with Crippen molar-refractivity contribution in [2.24, 2.45) is 5.92 Å². The summed E-state index contributed by atoms with van der Waals surface area (Å²) >= 11 is 0. The summed E-state index contributed by atoms with van der Waals surface area (Å²) in [6, 6.07) is 12.8. The van der Waals surface area contributed by atoms with Gasteiger partial charge in [-0.2, -0.15) is 0 Å². The first-order valence-electron chi connectivity index (χ1n) is 12.3. The molecule has 1 aliphatic heterocycles. The molecule has 4 rings (SSSR count). The van der Waals surface area contributed by atoms with Crippen LogP contribution in [0.4, 0.5) is 11.4 Å². The molecule has 6 heteroatoms. The molecular weight excluding hydrogens is 426 g/mol. The Morgan fingerprint density at radius 1 is 1.00 bits per heavy atom. The van der Waals surface area contributed by atoms with E-state index in [1.807, 2.05) is 25.1 Å². The van der Waals surface area contributed by atoms with Crippen LogP contribution >= 0.6 is 0 Å². The SMILES string of the molecule is CCOC1C=CC(c2nc(OC)ccc2N2CCCN(c3ccc(OC)cc3)CC2C)=CC1C. The predicted molar refractivity (Wildman–Crippen MR) is 139 cm³/mol. The number of hydrogen-bond donors (Lipinski definition) is 0. The molecule has 0 N–H and O–H groups in total. The zero-order valence-corrected chi connectivity index (χ0v) is 21.0. The minimum Gasteiger partial charge on any atom is -0.497 e. The molecule has 34 heavy (non-hydrogen) atoms. The second-order valence-corrected chi connectivity index (χ2v) is 9.02. The van der Waals surface area contributed by atoms with Crippen molar-refractivity contribution in [1.29, 1.82) is 0 Å². The fraction of sp³-hybridized carbons (Fsp3) is 0.464. The molecule has 1 aromatic heterocycles. The highest BCUT2D eigenvalue weighted by Gasteiger charge is 2.27. The predicted octanol–water partition coefficient (Wildman–Crippen LogP) is 5.20. The normalized spacial score (nSPS) is 22.9. The third-order valence-corrected chi connectivity index (χ3v) is 6.71.